The smallest absolute Gasteiger partial charge is 0.335 e. The van der Waals surface area contributed by atoms with Crippen LogP contribution in [0.3, 0.4) is 0 Å². The zero-order valence-electron chi connectivity index (χ0n) is 11.9. The van der Waals surface area contributed by atoms with Crippen LogP contribution in [0.15, 0.2) is 18.2 Å². The van der Waals surface area contributed by atoms with E-state index in [0.29, 0.717) is 12.6 Å². The Kier molecular flexibility index (Phi) is 5.12. The quantitative estimate of drug-likeness (QED) is 0.914. The number of benzene rings is 1. The fourth-order valence-electron chi connectivity index (χ4n) is 3.01. The molecular formula is C16H22FNO2. The number of carboxylic acids is 1. The number of hydrogen-bond donors (Lipinski definition) is 1. The highest BCUT2D eigenvalue weighted by atomic mass is 19.1. The second kappa shape index (κ2) is 6.84. The predicted molar refractivity (Wildman–Crippen MR) is 76.3 cm³/mol. The summed E-state index contributed by atoms with van der Waals surface area (Å²) in [5, 5.41) is 9.00. The average molecular weight is 279 g/mol. The lowest BCUT2D eigenvalue weighted by Crippen LogP contribution is -2.33. The summed E-state index contributed by atoms with van der Waals surface area (Å²) in [4.78, 5) is 13.4. The van der Waals surface area contributed by atoms with Gasteiger partial charge in [-0.1, -0.05) is 19.8 Å². The average Bonchev–Trinajstić information content (AvgIpc) is 2.63. The van der Waals surface area contributed by atoms with Gasteiger partial charge in [-0.3, -0.25) is 4.90 Å². The molecule has 1 heterocycles. The lowest BCUT2D eigenvalue weighted by Gasteiger charge is -2.29. The van der Waals surface area contributed by atoms with E-state index >= 15 is 0 Å². The fourth-order valence-corrected chi connectivity index (χ4v) is 3.01. The molecule has 1 aliphatic rings. The van der Waals surface area contributed by atoms with E-state index < -0.39 is 11.8 Å². The number of hydrogen-bond acceptors (Lipinski definition) is 2. The van der Waals surface area contributed by atoms with Gasteiger partial charge in [-0.25, -0.2) is 9.18 Å². The lowest BCUT2D eigenvalue weighted by atomic mass is 10.1. The van der Waals surface area contributed by atoms with Gasteiger partial charge < -0.3 is 5.11 Å². The highest BCUT2D eigenvalue weighted by Crippen LogP contribution is 2.22. The number of likely N-dealkylation sites (tertiary alicyclic amines) is 1. The van der Waals surface area contributed by atoms with Crippen LogP contribution in [0.4, 0.5) is 4.39 Å². The van der Waals surface area contributed by atoms with Crippen LogP contribution in [0.5, 0.6) is 0 Å². The maximum atomic E-state index is 13.5. The third-order valence-electron chi connectivity index (χ3n) is 4.06. The van der Waals surface area contributed by atoms with Gasteiger partial charge in [0, 0.05) is 12.6 Å². The minimum Gasteiger partial charge on any atom is -0.478 e. The van der Waals surface area contributed by atoms with Crippen molar-refractivity contribution < 1.29 is 14.3 Å². The van der Waals surface area contributed by atoms with Crippen LogP contribution in [-0.2, 0) is 6.54 Å². The molecule has 0 radical (unpaired) electrons. The molecule has 2 rings (SSSR count). The molecule has 1 atom stereocenters. The van der Waals surface area contributed by atoms with Gasteiger partial charge in [0.2, 0.25) is 0 Å². The number of aromatic carboxylic acids is 1. The first-order chi connectivity index (χ1) is 9.60. The summed E-state index contributed by atoms with van der Waals surface area (Å²) in [7, 11) is 0. The van der Waals surface area contributed by atoms with Crippen molar-refractivity contribution in [3.05, 3.63) is 35.1 Å². The number of carbonyl (C=O) groups is 1. The van der Waals surface area contributed by atoms with Crippen LogP contribution in [0.1, 0.15) is 54.9 Å². The van der Waals surface area contributed by atoms with Gasteiger partial charge in [-0.2, -0.15) is 0 Å². The molecule has 1 N–H and O–H groups in total. The minimum atomic E-state index is -1.08. The standard InChI is InChI=1S/C16H22FNO2/c1-2-15-6-4-3-5-7-18(15)11-12-8-13(16(19)20)10-14(17)9-12/h8-10,15H,2-7,11H2,1H3,(H,19,20). The monoisotopic (exact) mass is 279 g/mol. The van der Waals surface area contributed by atoms with Crippen LogP contribution >= 0.6 is 0 Å². The van der Waals surface area contributed by atoms with Crippen molar-refractivity contribution in [2.75, 3.05) is 6.54 Å². The molecule has 0 amide bonds. The van der Waals surface area contributed by atoms with Crippen molar-refractivity contribution in [2.24, 2.45) is 0 Å². The van der Waals surface area contributed by atoms with Crippen LogP contribution in [0.2, 0.25) is 0 Å². The molecule has 0 aliphatic carbocycles. The summed E-state index contributed by atoms with van der Waals surface area (Å²) in [5.41, 5.74) is 0.783. The van der Waals surface area contributed by atoms with Gasteiger partial charge in [-0.15, -0.1) is 0 Å². The van der Waals surface area contributed by atoms with Crippen LogP contribution in [0, 0.1) is 5.82 Å². The first-order valence-electron chi connectivity index (χ1n) is 7.37. The molecule has 0 saturated carbocycles. The normalized spacial score (nSPS) is 20.6. The summed E-state index contributed by atoms with van der Waals surface area (Å²) >= 11 is 0. The highest BCUT2D eigenvalue weighted by molar-refractivity contribution is 5.87. The number of carboxylic acid groups (broad SMARTS) is 1. The van der Waals surface area contributed by atoms with E-state index in [1.165, 1.54) is 25.3 Å². The molecule has 1 aromatic carbocycles. The molecule has 1 aliphatic heterocycles. The van der Waals surface area contributed by atoms with Crippen LogP contribution in [-0.4, -0.2) is 28.6 Å². The Labute approximate surface area is 119 Å². The van der Waals surface area contributed by atoms with Crippen molar-refractivity contribution in [1.82, 2.24) is 4.90 Å². The van der Waals surface area contributed by atoms with Gasteiger partial charge in [0.25, 0.3) is 0 Å². The summed E-state index contributed by atoms with van der Waals surface area (Å²) in [6, 6.07) is 4.63. The zero-order chi connectivity index (χ0) is 14.5. The largest absolute Gasteiger partial charge is 0.478 e. The number of rotatable bonds is 4. The van der Waals surface area contributed by atoms with E-state index in [9.17, 15) is 9.18 Å². The fraction of sp³-hybridized carbons (Fsp3) is 0.562. The van der Waals surface area contributed by atoms with E-state index in [2.05, 4.69) is 11.8 Å². The molecule has 0 bridgehead atoms. The molecule has 0 spiro atoms. The van der Waals surface area contributed by atoms with Crippen molar-refractivity contribution in [1.29, 1.82) is 0 Å². The Morgan fingerprint density at radius 3 is 2.85 bits per heavy atom. The summed E-state index contributed by atoms with van der Waals surface area (Å²) in [5.74, 6) is -1.54. The lowest BCUT2D eigenvalue weighted by molar-refractivity contribution is 0.0696. The van der Waals surface area contributed by atoms with E-state index in [-0.39, 0.29) is 5.56 Å². The van der Waals surface area contributed by atoms with Gasteiger partial charge in [0.1, 0.15) is 5.82 Å². The molecule has 1 saturated heterocycles. The van der Waals surface area contributed by atoms with Crippen molar-refractivity contribution in [3.63, 3.8) is 0 Å². The molecule has 110 valence electrons. The highest BCUT2D eigenvalue weighted by Gasteiger charge is 2.20. The molecular weight excluding hydrogens is 257 g/mol. The Bertz CT molecular complexity index is 476. The molecule has 0 aromatic heterocycles. The van der Waals surface area contributed by atoms with E-state index in [1.54, 1.807) is 6.07 Å². The van der Waals surface area contributed by atoms with E-state index in [0.717, 1.165) is 31.0 Å². The Morgan fingerprint density at radius 2 is 2.15 bits per heavy atom. The summed E-state index contributed by atoms with van der Waals surface area (Å²) in [6.07, 6.45) is 5.92. The predicted octanol–water partition coefficient (Wildman–Crippen LogP) is 3.68. The van der Waals surface area contributed by atoms with Crippen molar-refractivity contribution in [3.8, 4) is 0 Å². The summed E-state index contributed by atoms with van der Waals surface area (Å²) < 4.78 is 13.5. The van der Waals surface area contributed by atoms with Crippen molar-refractivity contribution in [2.45, 2.75) is 51.6 Å². The zero-order valence-corrected chi connectivity index (χ0v) is 11.9. The molecule has 3 nitrogen and oxygen atoms in total. The van der Waals surface area contributed by atoms with Gasteiger partial charge in [0.15, 0.2) is 0 Å². The van der Waals surface area contributed by atoms with Crippen LogP contribution < -0.4 is 0 Å². The Morgan fingerprint density at radius 1 is 1.35 bits per heavy atom. The Hall–Kier alpha value is -1.42. The minimum absolute atomic E-state index is 0.0304. The van der Waals surface area contributed by atoms with Crippen molar-refractivity contribution >= 4 is 5.97 Å². The van der Waals surface area contributed by atoms with E-state index in [4.69, 9.17) is 5.11 Å². The van der Waals surface area contributed by atoms with Crippen LogP contribution in [0.25, 0.3) is 0 Å². The number of halogens is 1. The maximum absolute atomic E-state index is 13.5. The molecule has 1 aromatic rings. The second-order valence-corrected chi connectivity index (χ2v) is 5.54. The summed E-state index contributed by atoms with van der Waals surface area (Å²) in [6.45, 7) is 3.82. The third kappa shape index (κ3) is 3.79. The maximum Gasteiger partial charge on any atom is 0.335 e. The topological polar surface area (TPSA) is 40.5 Å². The number of nitrogens with zero attached hydrogens (tertiary/aromatic N) is 1. The first-order valence-corrected chi connectivity index (χ1v) is 7.37. The van der Waals surface area contributed by atoms with Gasteiger partial charge in [0.05, 0.1) is 5.56 Å². The first kappa shape index (κ1) is 15.0. The molecule has 1 fully saturated rings. The molecule has 1 unspecified atom stereocenters. The molecule has 20 heavy (non-hydrogen) atoms. The van der Waals surface area contributed by atoms with Gasteiger partial charge in [-0.05, 0) is 49.6 Å². The van der Waals surface area contributed by atoms with E-state index in [1.807, 2.05) is 0 Å². The second-order valence-electron chi connectivity index (χ2n) is 5.54. The van der Waals surface area contributed by atoms with Gasteiger partial charge >= 0.3 is 5.97 Å². The Balaban J connectivity index is 2.16. The SMILES string of the molecule is CCC1CCCCCN1Cc1cc(F)cc(C(=O)O)c1. The molecule has 4 heteroatoms. The third-order valence-corrected chi connectivity index (χ3v) is 4.06.